The van der Waals surface area contributed by atoms with Crippen LogP contribution in [0.1, 0.15) is 23.6 Å². The van der Waals surface area contributed by atoms with Gasteiger partial charge in [-0.3, -0.25) is 0 Å². The second-order valence-electron chi connectivity index (χ2n) is 5.36. The minimum atomic E-state index is 0.371. The molecule has 1 unspecified atom stereocenters. The van der Waals surface area contributed by atoms with Crippen LogP contribution in [0.2, 0.25) is 0 Å². The number of hydrogen-bond acceptors (Lipinski definition) is 4. The minimum Gasteiger partial charge on any atom is -0.508 e. The predicted molar refractivity (Wildman–Crippen MR) is 71.4 cm³/mol. The highest BCUT2D eigenvalue weighted by Crippen LogP contribution is 2.36. The number of nitrogens with zero attached hydrogens (tertiary/aromatic N) is 2. The third kappa shape index (κ3) is 2.23. The van der Waals surface area contributed by atoms with Crippen LogP contribution in [0.15, 0.2) is 18.2 Å². The van der Waals surface area contributed by atoms with Gasteiger partial charge in [0, 0.05) is 32.2 Å². The Labute approximate surface area is 108 Å². The van der Waals surface area contributed by atoms with Crippen LogP contribution in [0, 0.1) is 0 Å². The maximum Gasteiger partial charge on any atom is 0.119 e. The molecule has 0 bridgehead atoms. The molecular weight excluding hydrogens is 226 g/mol. The lowest BCUT2D eigenvalue weighted by atomic mass is 10.1. The van der Waals surface area contributed by atoms with Crippen molar-refractivity contribution in [3.63, 3.8) is 0 Å². The van der Waals surface area contributed by atoms with E-state index in [0.717, 1.165) is 44.6 Å². The van der Waals surface area contributed by atoms with E-state index >= 15 is 0 Å². The van der Waals surface area contributed by atoms with Crippen molar-refractivity contribution in [1.29, 1.82) is 0 Å². The summed E-state index contributed by atoms with van der Waals surface area (Å²) in [6.07, 6.45) is 2.06. The predicted octanol–water partition coefficient (Wildman–Crippen LogP) is 1.13. The smallest absolute Gasteiger partial charge is 0.119 e. The van der Waals surface area contributed by atoms with Crippen molar-refractivity contribution in [2.75, 3.05) is 33.2 Å². The fourth-order valence-electron chi connectivity index (χ4n) is 2.93. The molecule has 1 aromatic rings. The second kappa shape index (κ2) is 4.88. The third-order valence-corrected chi connectivity index (χ3v) is 4.09. The van der Waals surface area contributed by atoms with Crippen LogP contribution in [-0.2, 0) is 6.42 Å². The van der Waals surface area contributed by atoms with Gasteiger partial charge >= 0.3 is 0 Å². The van der Waals surface area contributed by atoms with Crippen molar-refractivity contribution in [2.24, 2.45) is 0 Å². The van der Waals surface area contributed by atoms with Crippen LogP contribution >= 0.6 is 0 Å². The van der Waals surface area contributed by atoms with Gasteiger partial charge in [0.15, 0.2) is 0 Å². The standard InChI is InChI=1S/C14H21N3O/c1-16-7-9-17(10-8-16)15-13-6-5-12-11(13)3-2-4-14(12)18/h2-4,13,15,18H,5-10H2,1H3. The zero-order valence-electron chi connectivity index (χ0n) is 10.9. The number of hydrogen-bond donors (Lipinski definition) is 2. The normalized spacial score (nSPS) is 25.3. The van der Waals surface area contributed by atoms with Gasteiger partial charge in [0.1, 0.15) is 5.75 Å². The van der Waals surface area contributed by atoms with Crippen LogP contribution in [0.25, 0.3) is 0 Å². The molecule has 98 valence electrons. The fraction of sp³-hybridized carbons (Fsp3) is 0.571. The van der Waals surface area contributed by atoms with Gasteiger partial charge in [-0.2, -0.15) is 0 Å². The largest absolute Gasteiger partial charge is 0.508 e. The van der Waals surface area contributed by atoms with Crippen molar-refractivity contribution < 1.29 is 5.11 Å². The Hall–Kier alpha value is -1.10. The number of phenols is 1. The highest BCUT2D eigenvalue weighted by molar-refractivity contribution is 5.44. The molecule has 0 spiro atoms. The topological polar surface area (TPSA) is 38.7 Å². The fourth-order valence-corrected chi connectivity index (χ4v) is 2.93. The van der Waals surface area contributed by atoms with Crippen molar-refractivity contribution >= 4 is 0 Å². The Morgan fingerprint density at radius 3 is 2.78 bits per heavy atom. The summed E-state index contributed by atoms with van der Waals surface area (Å²) in [7, 11) is 2.17. The summed E-state index contributed by atoms with van der Waals surface area (Å²) in [4.78, 5) is 2.35. The summed E-state index contributed by atoms with van der Waals surface area (Å²) >= 11 is 0. The van der Waals surface area contributed by atoms with Gasteiger partial charge in [0.25, 0.3) is 0 Å². The lowest BCUT2D eigenvalue weighted by Crippen LogP contribution is -2.51. The molecule has 0 saturated carbocycles. The molecule has 1 aliphatic heterocycles. The third-order valence-electron chi connectivity index (χ3n) is 4.09. The Balaban J connectivity index is 1.68. The van der Waals surface area contributed by atoms with E-state index in [9.17, 15) is 5.11 Å². The Morgan fingerprint density at radius 2 is 2.00 bits per heavy atom. The van der Waals surface area contributed by atoms with Crippen LogP contribution < -0.4 is 5.43 Å². The summed E-state index contributed by atoms with van der Waals surface area (Å²) in [5.74, 6) is 0.454. The van der Waals surface area contributed by atoms with E-state index in [1.54, 1.807) is 6.07 Å². The first-order valence-corrected chi connectivity index (χ1v) is 6.74. The molecule has 1 heterocycles. The number of benzene rings is 1. The molecule has 0 radical (unpaired) electrons. The Bertz CT molecular complexity index is 427. The summed E-state index contributed by atoms with van der Waals surface area (Å²) in [5.41, 5.74) is 6.02. The first-order valence-electron chi connectivity index (χ1n) is 6.74. The SMILES string of the molecule is CN1CCN(NC2CCc3c(O)cccc32)CC1. The molecule has 2 aliphatic rings. The average Bonchev–Trinajstić information content (AvgIpc) is 2.77. The number of phenolic OH excluding ortho intramolecular Hbond substituents is 1. The first kappa shape index (κ1) is 12.0. The molecule has 4 nitrogen and oxygen atoms in total. The number of piperazine rings is 1. The first-order chi connectivity index (χ1) is 8.74. The van der Waals surface area contributed by atoms with E-state index in [-0.39, 0.29) is 0 Å². The van der Waals surface area contributed by atoms with Gasteiger partial charge < -0.3 is 10.0 Å². The molecule has 1 atom stereocenters. The molecule has 4 heteroatoms. The number of rotatable bonds is 2. The lowest BCUT2D eigenvalue weighted by Gasteiger charge is -2.34. The second-order valence-corrected chi connectivity index (χ2v) is 5.36. The molecule has 1 aliphatic carbocycles. The number of nitrogens with one attached hydrogen (secondary N) is 1. The number of hydrazine groups is 1. The molecule has 1 aromatic carbocycles. The van der Waals surface area contributed by atoms with Crippen LogP contribution in [0.5, 0.6) is 5.75 Å². The summed E-state index contributed by atoms with van der Waals surface area (Å²) in [5, 5.41) is 12.2. The van der Waals surface area contributed by atoms with Gasteiger partial charge in [-0.05, 0) is 37.1 Å². The molecule has 1 saturated heterocycles. The maximum absolute atomic E-state index is 9.84. The summed E-state index contributed by atoms with van der Waals surface area (Å²) in [6, 6.07) is 6.24. The molecule has 18 heavy (non-hydrogen) atoms. The molecule has 3 rings (SSSR count). The van der Waals surface area contributed by atoms with Crippen LogP contribution in [-0.4, -0.2) is 48.2 Å². The Kier molecular flexibility index (Phi) is 3.24. The van der Waals surface area contributed by atoms with E-state index in [1.165, 1.54) is 5.56 Å². The highest BCUT2D eigenvalue weighted by Gasteiger charge is 2.26. The van der Waals surface area contributed by atoms with Gasteiger partial charge in [0.05, 0.1) is 0 Å². The average molecular weight is 247 g/mol. The zero-order valence-corrected chi connectivity index (χ0v) is 10.9. The molecule has 0 aromatic heterocycles. The number of aromatic hydroxyl groups is 1. The zero-order chi connectivity index (χ0) is 12.5. The van der Waals surface area contributed by atoms with E-state index in [0.29, 0.717) is 11.8 Å². The van der Waals surface area contributed by atoms with Crippen LogP contribution in [0.3, 0.4) is 0 Å². The van der Waals surface area contributed by atoms with Gasteiger partial charge in [-0.25, -0.2) is 10.4 Å². The highest BCUT2D eigenvalue weighted by atomic mass is 16.3. The molecular formula is C14H21N3O. The van der Waals surface area contributed by atoms with E-state index < -0.39 is 0 Å². The van der Waals surface area contributed by atoms with E-state index in [4.69, 9.17) is 0 Å². The van der Waals surface area contributed by atoms with E-state index in [2.05, 4.69) is 28.4 Å². The van der Waals surface area contributed by atoms with Crippen molar-refractivity contribution in [3.05, 3.63) is 29.3 Å². The molecule has 0 amide bonds. The molecule has 2 N–H and O–H groups in total. The van der Waals surface area contributed by atoms with Crippen molar-refractivity contribution in [3.8, 4) is 5.75 Å². The summed E-state index contributed by atoms with van der Waals surface area (Å²) in [6.45, 7) is 4.38. The maximum atomic E-state index is 9.84. The quantitative estimate of drug-likeness (QED) is 0.822. The van der Waals surface area contributed by atoms with Crippen molar-refractivity contribution in [1.82, 2.24) is 15.3 Å². The monoisotopic (exact) mass is 247 g/mol. The van der Waals surface area contributed by atoms with Crippen molar-refractivity contribution in [2.45, 2.75) is 18.9 Å². The Morgan fingerprint density at radius 1 is 1.22 bits per heavy atom. The summed E-state index contributed by atoms with van der Waals surface area (Å²) < 4.78 is 0. The van der Waals surface area contributed by atoms with Crippen LogP contribution in [0.4, 0.5) is 0 Å². The lowest BCUT2D eigenvalue weighted by molar-refractivity contribution is 0.0868. The minimum absolute atomic E-state index is 0.371. The number of fused-ring (bicyclic) bond motifs is 1. The number of likely N-dealkylation sites (N-methyl/N-ethyl adjacent to an activating group) is 1. The van der Waals surface area contributed by atoms with Gasteiger partial charge in [-0.1, -0.05) is 12.1 Å². The van der Waals surface area contributed by atoms with Gasteiger partial charge in [0.2, 0.25) is 0 Å². The van der Waals surface area contributed by atoms with Gasteiger partial charge in [-0.15, -0.1) is 0 Å². The van der Waals surface area contributed by atoms with E-state index in [1.807, 2.05) is 6.07 Å². The molecule has 1 fully saturated rings.